The molecule has 0 radical (unpaired) electrons. The molecule has 4 heteroatoms. The van der Waals surface area contributed by atoms with Gasteiger partial charge in [0.05, 0.1) is 0 Å². The van der Waals surface area contributed by atoms with E-state index in [1.54, 1.807) is 11.3 Å². The number of hydrogen-bond acceptors (Lipinski definition) is 2. The Hall–Kier alpha value is -0.350. The molecule has 0 amide bonds. The number of thiophene rings is 1. The maximum atomic E-state index is 6.05. The highest BCUT2D eigenvalue weighted by Gasteiger charge is 2.12. The van der Waals surface area contributed by atoms with Gasteiger partial charge in [-0.3, -0.25) is 0 Å². The maximum Gasteiger partial charge on any atom is 0.0408 e. The molecule has 0 bridgehead atoms. The Morgan fingerprint density at radius 1 is 1.32 bits per heavy atom. The van der Waals surface area contributed by atoms with Crippen molar-refractivity contribution in [2.75, 3.05) is 6.54 Å². The summed E-state index contributed by atoms with van der Waals surface area (Å²) in [5.74, 6) is 0. The summed E-state index contributed by atoms with van der Waals surface area (Å²) in [5.41, 5.74) is 1.28. The van der Waals surface area contributed by atoms with Crippen LogP contribution in [0.2, 0.25) is 5.02 Å². The molecule has 0 aliphatic rings. The molecule has 102 valence electrons. The van der Waals surface area contributed by atoms with Gasteiger partial charge in [-0.2, -0.15) is 0 Å². The summed E-state index contributed by atoms with van der Waals surface area (Å²) in [6, 6.07) is 10.7. The van der Waals surface area contributed by atoms with Crippen LogP contribution in [0.25, 0.3) is 0 Å². The van der Waals surface area contributed by atoms with Gasteiger partial charge in [-0.25, -0.2) is 0 Å². The minimum absolute atomic E-state index is 0.443. The first kappa shape index (κ1) is 15.0. The highest BCUT2D eigenvalue weighted by molar-refractivity contribution is 9.10. The van der Waals surface area contributed by atoms with Crippen LogP contribution in [0.4, 0.5) is 0 Å². The third-order valence-corrected chi connectivity index (χ3v) is 5.17. The van der Waals surface area contributed by atoms with Crippen molar-refractivity contribution in [3.63, 3.8) is 0 Å². The van der Waals surface area contributed by atoms with Crippen molar-refractivity contribution in [2.24, 2.45) is 0 Å². The molecule has 0 spiro atoms. The fourth-order valence-electron chi connectivity index (χ4n) is 2.15. The lowest BCUT2D eigenvalue weighted by Crippen LogP contribution is -2.32. The maximum absolute atomic E-state index is 6.05. The van der Waals surface area contributed by atoms with E-state index in [2.05, 4.69) is 51.7 Å². The van der Waals surface area contributed by atoms with Crippen LogP contribution in [0.5, 0.6) is 0 Å². The number of likely N-dealkylation sites (N-methyl/N-ethyl adjacent to an activating group) is 1. The Bertz CT molecular complexity index is 526. The molecular formula is C15H17BrClNS. The number of benzene rings is 1. The molecule has 1 nitrogen and oxygen atoms in total. The molecule has 1 aromatic carbocycles. The second kappa shape index (κ2) is 7.44. The van der Waals surface area contributed by atoms with Crippen molar-refractivity contribution in [3.8, 4) is 0 Å². The van der Waals surface area contributed by atoms with Crippen LogP contribution in [-0.2, 0) is 12.8 Å². The molecule has 1 aromatic heterocycles. The Morgan fingerprint density at radius 3 is 2.79 bits per heavy atom. The van der Waals surface area contributed by atoms with Gasteiger partial charge in [-0.15, -0.1) is 11.3 Å². The van der Waals surface area contributed by atoms with E-state index in [1.807, 2.05) is 12.1 Å². The van der Waals surface area contributed by atoms with E-state index < -0.39 is 0 Å². The summed E-state index contributed by atoms with van der Waals surface area (Å²) >= 11 is 11.5. The summed E-state index contributed by atoms with van der Waals surface area (Å²) in [7, 11) is 0. The van der Waals surface area contributed by atoms with Crippen LogP contribution in [0.15, 0.2) is 40.2 Å². The normalized spacial score (nSPS) is 12.6. The van der Waals surface area contributed by atoms with Crippen molar-refractivity contribution in [1.82, 2.24) is 5.32 Å². The molecule has 0 aliphatic carbocycles. The zero-order chi connectivity index (χ0) is 13.7. The van der Waals surface area contributed by atoms with Crippen LogP contribution in [0, 0.1) is 0 Å². The molecular weight excluding hydrogens is 342 g/mol. The largest absolute Gasteiger partial charge is 0.314 e. The van der Waals surface area contributed by atoms with E-state index in [0.717, 1.165) is 24.4 Å². The molecule has 1 atom stereocenters. The Balaban J connectivity index is 2.06. The van der Waals surface area contributed by atoms with E-state index in [1.165, 1.54) is 14.9 Å². The summed E-state index contributed by atoms with van der Waals surface area (Å²) in [5, 5.41) is 6.50. The van der Waals surface area contributed by atoms with Gasteiger partial charge >= 0.3 is 0 Å². The molecule has 0 fully saturated rings. The third-order valence-electron chi connectivity index (χ3n) is 2.99. The van der Waals surface area contributed by atoms with Crippen molar-refractivity contribution >= 4 is 38.9 Å². The fraction of sp³-hybridized carbons (Fsp3) is 0.333. The van der Waals surface area contributed by atoms with Gasteiger partial charge in [-0.1, -0.05) is 30.7 Å². The number of hydrogen-bond donors (Lipinski definition) is 1. The zero-order valence-electron chi connectivity index (χ0n) is 10.8. The Kier molecular flexibility index (Phi) is 5.89. The van der Waals surface area contributed by atoms with Crippen molar-refractivity contribution in [3.05, 3.63) is 55.6 Å². The lowest BCUT2D eigenvalue weighted by Gasteiger charge is -2.17. The number of nitrogens with one attached hydrogen (secondary N) is 1. The minimum atomic E-state index is 0.443. The van der Waals surface area contributed by atoms with E-state index in [0.29, 0.717) is 6.04 Å². The summed E-state index contributed by atoms with van der Waals surface area (Å²) in [4.78, 5) is 1.40. The van der Waals surface area contributed by atoms with E-state index in [-0.39, 0.29) is 0 Å². The predicted molar refractivity (Wildman–Crippen MR) is 88.3 cm³/mol. The van der Waals surface area contributed by atoms with Gasteiger partial charge in [0.1, 0.15) is 0 Å². The van der Waals surface area contributed by atoms with Crippen LogP contribution in [-0.4, -0.2) is 12.6 Å². The van der Waals surface area contributed by atoms with Crippen molar-refractivity contribution in [1.29, 1.82) is 0 Å². The summed E-state index contributed by atoms with van der Waals surface area (Å²) in [6.45, 7) is 3.13. The van der Waals surface area contributed by atoms with Crippen LogP contribution in [0.1, 0.15) is 17.4 Å². The molecule has 1 heterocycles. The monoisotopic (exact) mass is 357 g/mol. The van der Waals surface area contributed by atoms with Crippen molar-refractivity contribution < 1.29 is 0 Å². The lowest BCUT2D eigenvalue weighted by molar-refractivity contribution is 0.524. The molecule has 0 aliphatic heterocycles. The summed E-state index contributed by atoms with van der Waals surface area (Å²) < 4.78 is 1.21. The molecule has 2 rings (SSSR count). The van der Waals surface area contributed by atoms with Gasteiger partial charge < -0.3 is 5.32 Å². The zero-order valence-corrected chi connectivity index (χ0v) is 14.0. The van der Waals surface area contributed by atoms with E-state index in [9.17, 15) is 0 Å². The Morgan fingerprint density at radius 2 is 2.16 bits per heavy atom. The Labute approximate surface area is 132 Å². The van der Waals surface area contributed by atoms with Crippen LogP contribution < -0.4 is 5.32 Å². The molecule has 1 unspecified atom stereocenters. The lowest BCUT2D eigenvalue weighted by atomic mass is 10.0. The van der Waals surface area contributed by atoms with Crippen LogP contribution >= 0.6 is 38.9 Å². The van der Waals surface area contributed by atoms with Crippen LogP contribution in [0.3, 0.4) is 0 Å². The van der Waals surface area contributed by atoms with Gasteiger partial charge in [0, 0.05) is 20.4 Å². The highest BCUT2D eigenvalue weighted by atomic mass is 79.9. The van der Waals surface area contributed by atoms with Gasteiger partial charge in [0.2, 0.25) is 0 Å². The molecule has 2 aromatic rings. The van der Waals surface area contributed by atoms with Gasteiger partial charge in [0.15, 0.2) is 0 Å². The quantitative estimate of drug-likeness (QED) is 0.772. The molecule has 0 saturated carbocycles. The van der Waals surface area contributed by atoms with Crippen molar-refractivity contribution in [2.45, 2.75) is 25.8 Å². The second-order valence-electron chi connectivity index (χ2n) is 4.48. The third kappa shape index (κ3) is 4.60. The molecule has 1 N–H and O–H groups in total. The standard InChI is InChI=1S/C15H17BrClNS/c1-2-18-13(10-15-14(16)6-7-19-15)9-11-4-3-5-12(17)8-11/h3-8,13,18H,2,9-10H2,1H3. The topological polar surface area (TPSA) is 12.0 Å². The number of rotatable bonds is 6. The molecule has 19 heavy (non-hydrogen) atoms. The SMILES string of the molecule is CCNC(Cc1cccc(Cl)c1)Cc1sccc1Br. The summed E-state index contributed by atoms with van der Waals surface area (Å²) in [6.07, 6.45) is 2.04. The fourth-order valence-corrected chi connectivity index (χ4v) is 3.96. The van der Waals surface area contributed by atoms with E-state index >= 15 is 0 Å². The first-order chi connectivity index (χ1) is 9.19. The second-order valence-corrected chi connectivity index (χ2v) is 6.78. The van der Waals surface area contributed by atoms with Gasteiger partial charge in [0.25, 0.3) is 0 Å². The average molecular weight is 359 g/mol. The van der Waals surface area contributed by atoms with E-state index in [4.69, 9.17) is 11.6 Å². The number of halogens is 2. The molecule has 0 saturated heterocycles. The first-order valence-electron chi connectivity index (χ1n) is 6.38. The highest BCUT2D eigenvalue weighted by Crippen LogP contribution is 2.25. The van der Waals surface area contributed by atoms with Gasteiger partial charge in [-0.05, 0) is 64.5 Å². The smallest absolute Gasteiger partial charge is 0.0408 e. The predicted octanol–water partition coefficient (Wildman–Crippen LogP) is 4.93. The average Bonchev–Trinajstić information content (AvgIpc) is 2.75. The minimum Gasteiger partial charge on any atom is -0.314 e. The first-order valence-corrected chi connectivity index (χ1v) is 8.43.